The molecule has 0 aliphatic heterocycles. The topological polar surface area (TPSA) is 246 Å². The fraction of sp³-hybridized carbons (Fsp3) is 0.424. The maximum atomic E-state index is 13.3. The zero-order valence-corrected chi connectivity index (χ0v) is 30.2. The van der Waals surface area contributed by atoms with Gasteiger partial charge in [-0.3, -0.25) is 15.0 Å². The first kappa shape index (κ1) is 49.1. The average molecular weight is 831 g/mol. The molecule has 9 N–H and O–H groups in total. The number of likely N-dealkylation sites (N-methyl/N-ethyl adjacent to an activating group) is 1. The van der Waals surface area contributed by atoms with Crippen molar-refractivity contribution in [3.63, 3.8) is 0 Å². The van der Waals surface area contributed by atoms with E-state index < -0.39 is 36.4 Å². The molecule has 4 rings (SSSR count). The number of carbonyl (C=O) groups is 4. The van der Waals surface area contributed by atoms with Crippen molar-refractivity contribution in [3.05, 3.63) is 59.7 Å². The van der Waals surface area contributed by atoms with Crippen LogP contribution in [0.3, 0.4) is 0 Å². The minimum absolute atomic E-state index is 0.0272. The molecule has 1 aromatic heterocycles. The lowest BCUT2D eigenvalue weighted by molar-refractivity contribution is -0.193. The quantitative estimate of drug-likeness (QED) is 0.0904. The van der Waals surface area contributed by atoms with Gasteiger partial charge in [-0.1, -0.05) is 54.8 Å². The predicted molar refractivity (Wildman–Crippen MR) is 187 cm³/mol. The van der Waals surface area contributed by atoms with Crippen molar-refractivity contribution in [2.45, 2.75) is 75.7 Å². The van der Waals surface area contributed by atoms with Gasteiger partial charge in [-0.05, 0) is 58.0 Å². The first-order chi connectivity index (χ1) is 26.1. The maximum absolute atomic E-state index is 13.3. The Morgan fingerprint density at radius 1 is 0.825 bits per heavy atom. The van der Waals surface area contributed by atoms with Crippen molar-refractivity contribution in [1.29, 1.82) is 0 Å². The molecule has 15 nitrogen and oxygen atoms in total. The number of benzene rings is 2. The van der Waals surface area contributed by atoms with Crippen LogP contribution in [0.4, 0.5) is 51.3 Å². The number of hydrogen-bond acceptors (Lipinski definition) is 9. The average Bonchev–Trinajstić information content (AvgIpc) is 3.08. The van der Waals surface area contributed by atoms with Gasteiger partial charge >= 0.3 is 36.4 Å². The van der Waals surface area contributed by atoms with E-state index in [-0.39, 0.29) is 35.9 Å². The third-order valence-electron chi connectivity index (χ3n) is 7.38. The number of nitrogens with one attached hydrogen (secondary N) is 2. The van der Waals surface area contributed by atoms with E-state index in [1.165, 1.54) is 0 Å². The molecule has 24 heteroatoms. The second kappa shape index (κ2) is 21.4. The van der Waals surface area contributed by atoms with Gasteiger partial charge in [0.25, 0.3) is 0 Å². The van der Waals surface area contributed by atoms with E-state index in [2.05, 4.69) is 26.7 Å². The molecule has 1 fully saturated rings. The summed E-state index contributed by atoms with van der Waals surface area (Å²) in [6.07, 6.45) is -10.7. The highest BCUT2D eigenvalue weighted by Crippen LogP contribution is 2.29. The van der Waals surface area contributed by atoms with Gasteiger partial charge in [-0.25, -0.2) is 24.4 Å². The number of rotatable bonds is 8. The molecule has 2 aromatic carbocycles. The molecular formula is C33H39F9N8O7. The van der Waals surface area contributed by atoms with Crippen LogP contribution in [-0.4, -0.2) is 111 Å². The van der Waals surface area contributed by atoms with Crippen molar-refractivity contribution in [1.82, 2.24) is 14.9 Å². The number of alkyl halides is 9. The van der Waals surface area contributed by atoms with E-state index in [4.69, 9.17) is 46.2 Å². The number of halogens is 9. The molecule has 1 aliphatic rings. The maximum Gasteiger partial charge on any atom is 0.490 e. The smallest absolute Gasteiger partial charge is 0.475 e. The Bertz CT molecular complexity index is 1780. The molecule has 1 heterocycles. The Morgan fingerprint density at radius 3 is 1.77 bits per heavy atom. The van der Waals surface area contributed by atoms with Gasteiger partial charge in [-0.2, -0.15) is 44.5 Å². The van der Waals surface area contributed by atoms with Crippen LogP contribution in [0.15, 0.2) is 53.5 Å². The number of nitrogens with zero attached hydrogens (tertiary/aromatic N) is 4. The lowest BCUT2D eigenvalue weighted by Gasteiger charge is -2.30. The zero-order valence-electron chi connectivity index (χ0n) is 30.2. The summed E-state index contributed by atoms with van der Waals surface area (Å²) >= 11 is 0. The van der Waals surface area contributed by atoms with Crippen LogP contribution in [0.5, 0.6) is 0 Å². The number of amides is 1. The number of hydrogen-bond donors (Lipinski definition) is 7. The Labute approximate surface area is 318 Å². The minimum atomic E-state index is -5.08. The van der Waals surface area contributed by atoms with E-state index in [0.717, 1.165) is 47.7 Å². The van der Waals surface area contributed by atoms with Crippen LogP contribution in [0.2, 0.25) is 0 Å². The Balaban J connectivity index is 0.000000632. The standard InChI is InChI=1S/C27H36N8O.3C2HF3O2/c1-17-13-14-20-19(15-17)24(30-21-11-7-8-12-22(21)31-26(28)29)33-27(32-20)34-25(36)23(35(2)3)16-18-9-5-4-6-10-18;3*3-2(4,5)1(6)7/h4-6,9-10,13-15,21-23H,7-8,11-12,16H2,1-3H3,(H4,28,29,31)(H2,30,32,33,34,36);3*(H,6,7)/t21?,22?,23-;;;/m0.../s1. The molecule has 1 amide bonds. The number of carboxylic acid groups (broad SMARTS) is 3. The van der Waals surface area contributed by atoms with Crippen LogP contribution < -0.4 is 22.1 Å². The van der Waals surface area contributed by atoms with Crippen molar-refractivity contribution < 1.29 is 74.0 Å². The molecule has 2 unspecified atom stereocenters. The number of nitrogens with two attached hydrogens (primary N) is 2. The van der Waals surface area contributed by atoms with Gasteiger partial charge in [0.2, 0.25) is 11.9 Å². The molecule has 0 radical (unpaired) electrons. The third-order valence-corrected chi connectivity index (χ3v) is 7.38. The number of aromatic nitrogens is 2. The molecule has 57 heavy (non-hydrogen) atoms. The van der Waals surface area contributed by atoms with Crippen molar-refractivity contribution >= 4 is 52.4 Å². The van der Waals surface area contributed by atoms with Gasteiger partial charge in [-0.15, -0.1) is 0 Å². The highest BCUT2D eigenvalue weighted by molar-refractivity contribution is 5.96. The lowest BCUT2D eigenvalue weighted by Crippen LogP contribution is -2.41. The van der Waals surface area contributed by atoms with E-state index in [9.17, 15) is 44.3 Å². The fourth-order valence-corrected chi connectivity index (χ4v) is 4.75. The lowest BCUT2D eigenvalue weighted by atomic mass is 9.90. The minimum Gasteiger partial charge on any atom is -0.475 e. The molecule has 0 spiro atoms. The van der Waals surface area contributed by atoms with E-state index in [1.54, 1.807) is 0 Å². The first-order valence-corrected chi connectivity index (χ1v) is 16.2. The summed E-state index contributed by atoms with van der Waals surface area (Å²) in [5.41, 5.74) is 14.3. The SMILES string of the molecule is Cc1ccc2nc(NC(=O)[C@H](Cc3ccccc3)N(C)C)nc(NC3CCCCC3N=C(N)N)c2c1.O=C(O)C(F)(F)F.O=C(O)C(F)(F)F.O=C(O)C(F)(F)F. The van der Waals surface area contributed by atoms with Gasteiger partial charge < -0.3 is 32.1 Å². The van der Waals surface area contributed by atoms with Crippen LogP contribution in [0.25, 0.3) is 10.9 Å². The summed E-state index contributed by atoms with van der Waals surface area (Å²) in [7, 11) is 3.80. The molecule has 0 saturated heterocycles. The summed E-state index contributed by atoms with van der Waals surface area (Å²) < 4.78 is 95.2. The summed E-state index contributed by atoms with van der Waals surface area (Å²) in [5.74, 6) is -7.39. The zero-order chi connectivity index (χ0) is 43.9. The molecule has 3 atom stereocenters. The number of guanidine groups is 1. The number of aliphatic carboxylic acids is 3. The van der Waals surface area contributed by atoms with Crippen LogP contribution >= 0.6 is 0 Å². The van der Waals surface area contributed by atoms with Gasteiger partial charge in [0.05, 0.1) is 23.6 Å². The molecule has 3 aromatic rings. The number of carboxylic acids is 3. The van der Waals surface area contributed by atoms with Gasteiger partial charge in [0, 0.05) is 5.39 Å². The van der Waals surface area contributed by atoms with Crippen LogP contribution in [-0.2, 0) is 25.6 Å². The highest BCUT2D eigenvalue weighted by Gasteiger charge is 2.39. The third kappa shape index (κ3) is 18.0. The Kier molecular flexibility index (Phi) is 18.4. The van der Waals surface area contributed by atoms with Crippen LogP contribution in [0.1, 0.15) is 36.8 Å². The fourth-order valence-electron chi connectivity index (χ4n) is 4.75. The van der Waals surface area contributed by atoms with Crippen molar-refractivity contribution in [3.8, 4) is 0 Å². The normalized spacial score (nSPS) is 15.9. The number of fused-ring (bicyclic) bond motifs is 1. The summed E-state index contributed by atoms with van der Waals surface area (Å²) in [6.45, 7) is 2.03. The van der Waals surface area contributed by atoms with Crippen molar-refractivity contribution in [2.24, 2.45) is 16.5 Å². The molecule has 1 saturated carbocycles. The van der Waals surface area contributed by atoms with Gasteiger partial charge in [0.1, 0.15) is 5.82 Å². The highest BCUT2D eigenvalue weighted by atomic mass is 19.4. The van der Waals surface area contributed by atoms with E-state index >= 15 is 0 Å². The number of aliphatic imine (C=N–C) groups is 1. The van der Waals surface area contributed by atoms with Crippen LogP contribution in [0, 0.1) is 6.92 Å². The first-order valence-electron chi connectivity index (χ1n) is 16.2. The molecule has 1 aliphatic carbocycles. The molecular weight excluding hydrogens is 791 g/mol. The monoisotopic (exact) mass is 830 g/mol. The van der Waals surface area contributed by atoms with E-state index in [0.29, 0.717) is 12.2 Å². The Hall–Kier alpha value is -5.94. The number of carbonyl (C=O) groups excluding carboxylic acids is 1. The summed E-state index contributed by atoms with van der Waals surface area (Å²) in [5, 5.41) is 28.8. The molecule has 316 valence electrons. The second-order valence-corrected chi connectivity index (χ2v) is 12.1. The van der Waals surface area contributed by atoms with Gasteiger partial charge in [0.15, 0.2) is 5.96 Å². The number of anilines is 2. The van der Waals surface area contributed by atoms with Crippen molar-refractivity contribution in [2.75, 3.05) is 24.7 Å². The second-order valence-electron chi connectivity index (χ2n) is 12.1. The van der Waals surface area contributed by atoms with E-state index in [1.807, 2.05) is 68.4 Å². The number of aryl methyl sites for hydroxylation is 1. The Morgan fingerprint density at radius 2 is 1.32 bits per heavy atom. The predicted octanol–water partition coefficient (Wildman–Crippen LogP) is 4.95. The largest absolute Gasteiger partial charge is 0.490 e. The summed E-state index contributed by atoms with van der Waals surface area (Å²) in [6, 6.07) is 15.6. The molecule has 0 bridgehead atoms. The summed E-state index contributed by atoms with van der Waals surface area (Å²) in [4.78, 5) is 55.8.